The summed E-state index contributed by atoms with van der Waals surface area (Å²) in [6.45, 7) is 6.49. The molecule has 1 fully saturated rings. The maximum absolute atomic E-state index is 5.28. The molecule has 1 aromatic rings. The minimum atomic E-state index is 0.833. The van der Waals surface area contributed by atoms with E-state index in [0.29, 0.717) is 0 Å². The van der Waals surface area contributed by atoms with Gasteiger partial charge in [0.2, 0.25) is 0 Å². The highest BCUT2D eigenvalue weighted by atomic mass is 16.5. The minimum absolute atomic E-state index is 0.833. The SMILES string of the molecule is Cc1cnc(CN2CCOCC2)cn1. The molecule has 0 unspecified atom stereocenters. The summed E-state index contributed by atoms with van der Waals surface area (Å²) in [5.74, 6) is 0. The van der Waals surface area contributed by atoms with Crippen LogP contribution in [0.4, 0.5) is 0 Å². The number of aromatic nitrogens is 2. The van der Waals surface area contributed by atoms with E-state index in [-0.39, 0.29) is 0 Å². The van der Waals surface area contributed by atoms with E-state index in [1.165, 1.54) is 0 Å². The van der Waals surface area contributed by atoms with E-state index >= 15 is 0 Å². The minimum Gasteiger partial charge on any atom is -0.379 e. The van der Waals surface area contributed by atoms with Crippen LogP contribution < -0.4 is 0 Å². The summed E-state index contributed by atoms with van der Waals surface area (Å²) in [5.41, 5.74) is 2.01. The zero-order chi connectivity index (χ0) is 9.80. The Kier molecular flexibility index (Phi) is 3.06. The lowest BCUT2D eigenvalue weighted by Gasteiger charge is -2.25. The summed E-state index contributed by atoms with van der Waals surface area (Å²) in [4.78, 5) is 10.9. The Morgan fingerprint density at radius 1 is 1.29 bits per heavy atom. The summed E-state index contributed by atoms with van der Waals surface area (Å²) in [6.07, 6.45) is 3.67. The van der Waals surface area contributed by atoms with E-state index in [2.05, 4.69) is 14.9 Å². The van der Waals surface area contributed by atoms with Gasteiger partial charge in [0.1, 0.15) is 0 Å². The summed E-state index contributed by atoms with van der Waals surface area (Å²) in [5, 5.41) is 0. The largest absolute Gasteiger partial charge is 0.379 e. The van der Waals surface area contributed by atoms with E-state index < -0.39 is 0 Å². The highest BCUT2D eigenvalue weighted by Gasteiger charge is 2.10. The van der Waals surface area contributed by atoms with Crippen molar-refractivity contribution in [2.75, 3.05) is 26.3 Å². The van der Waals surface area contributed by atoms with Gasteiger partial charge in [-0.15, -0.1) is 0 Å². The van der Waals surface area contributed by atoms with Crippen molar-refractivity contribution in [1.82, 2.24) is 14.9 Å². The number of rotatable bonds is 2. The van der Waals surface area contributed by atoms with Crippen molar-refractivity contribution in [2.45, 2.75) is 13.5 Å². The molecule has 1 aliphatic rings. The van der Waals surface area contributed by atoms with Gasteiger partial charge in [-0.25, -0.2) is 0 Å². The number of hydrogen-bond acceptors (Lipinski definition) is 4. The van der Waals surface area contributed by atoms with E-state index in [1.807, 2.05) is 19.3 Å². The molecule has 0 radical (unpaired) electrons. The third-order valence-corrected chi connectivity index (χ3v) is 2.32. The predicted molar refractivity (Wildman–Crippen MR) is 52.9 cm³/mol. The van der Waals surface area contributed by atoms with Crippen molar-refractivity contribution in [1.29, 1.82) is 0 Å². The van der Waals surface area contributed by atoms with Gasteiger partial charge in [0.25, 0.3) is 0 Å². The molecule has 0 spiro atoms. The monoisotopic (exact) mass is 193 g/mol. The van der Waals surface area contributed by atoms with Crippen LogP contribution in [-0.2, 0) is 11.3 Å². The van der Waals surface area contributed by atoms with Crippen LogP contribution in [0.5, 0.6) is 0 Å². The molecule has 14 heavy (non-hydrogen) atoms. The summed E-state index contributed by atoms with van der Waals surface area (Å²) in [7, 11) is 0. The molecule has 0 N–H and O–H groups in total. The second kappa shape index (κ2) is 4.48. The second-order valence-corrected chi connectivity index (χ2v) is 3.54. The molecule has 0 aromatic carbocycles. The molecule has 1 aromatic heterocycles. The first-order valence-electron chi connectivity index (χ1n) is 4.92. The van der Waals surface area contributed by atoms with E-state index in [1.54, 1.807) is 0 Å². The lowest BCUT2D eigenvalue weighted by Crippen LogP contribution is -2.35. The van der Waals surface area contributed by atoms with Crippen LogP contribution >= 0.6 is 0 Å². The fraction of sp³-hybridized carbons (Fsp3) is 0.600. The topological polar surface area (TPSA) is 38.2 Å². The molecule has 0 bridgehead atoms. The van der Waals surface area contributed by atoms with Crippen LogP contribution in [0.25, 0.3) is 0 Å². The van der Waals surface area contributed by atoms with Gasteiger partial charge in [0.05, 0.1) is 24.6 Å². The quantitative estimate of drug-likeness (QED) is 0.690. The lowest BCUT2D eigenvalue weighted by molar-refractivity contribution is 0.0336. The zero-order valence-electron chi connectivity index (χ0n) is 8.44. The van der Waals surface area contributed by atoms with Crippen molar-refractivity contribution in [3.63, 3.8) is 0 Å². The fourth-order valence-electron chi connectivity index (χ4n) is 1.49. The lowest BCUT2D eigenvalue weighted by atomic mass is 10.3. The molecule has 0 atom stereocenters. The van der Waals surface area contributed by atoms with Gasteiger partial charge in [-0.05, 0) is 6.92 Å². The first-order chi connectivity index (χ1) is 6.84. The Balaban J connectivity index is 1.92. The Morgan fingerprint density at radius 3 is 2.71 bits per heavy atom. The second-order valence-electron chi connectivity index (χ2n) is 3.54. The maximum atomic E-state index is 5.28. The van der Waals surface area contributed by atoms with Crippen LogP contribution in [0, 0.1) is 6.92 Å². The van der Waals surface area contributed by atoms with Crippen LogP contribution in [-0.4, -0.2) is 41.2 Å². The summed E-state index contributed by atoms with van der Waals surface area (Å²) >= 11 is 0. The standard InChI is InChI=1S/C10H15N3O/c1-9-6-12-10(7-11-9)8-13-2-4-14-5-3-13/h6-7H,2-5,8H2,1H3. The number of nitrogens with zero attached hydrogens (tertiary/aromatic N) is 3. The maximum Gasteiger partial charge on any atom is 0.0727 e. The molecule has 0 aliphatic carbocycles. The van der Waals surface area contributed by atoms with Gasteiger partial charge in [-0.2, -0.15) is 0 Å². The smallest absolute Gasteiger partial charge is 0.0727 e. The number of aryl methyl sites for hydroxylation is 1. The third-order valence-electron chi connectivity index (χ3n) is 2.32. The number of ether oxygens (including phenoxy) is 1. The summed E-state index contributed by atoms with van der Waals surface area (Å²) < 4.78 is 5.28. The Labute approximate surface area is 83.9 Å². The van der Waals surface area contributed by atoms with Crippen LogP contribution in [0.2, 0.25) is 0 Å². The van der Waals surface area contributed by atoms with Gasteiger partial charge in [-0.1, -0.05) is 0 Å². The van der Waals surface area contributed by atoms with Crippen molar-refractivity contribution in [3.8, 4) is 0 Å². The molecule has 76 valence electrons. The van der Waals surface area contributed by atoms with Crippen molar-refractivity contribution < 1.29 is 4.74 Å². The van der Waals surface area contributed by atoms with Crippen LogP contribution in [0.1, 0.15) is 11.4 Å². The van der Waals surface area contributed by atoms with Crippen LogP contribution in [0.15, 0.2) is 12.4 Å². The van der Waals surface area contributed by atoms with Crippen LogP contribution in [0.3, 0.4) is 0 Å². The molecule has 0 saturated carbocycles. The molecule has 4 heteroatoms. The van der Waals surface area contributed by atoms with Gasteiger partial charge in [0.15, 0.2) is 0 Å². The molecular weight excluding hydrogens is 178 g/mol. The van der Waals surface area contributed by atoms with Gasteiger partial charge >= 0.3 is 0 Å². The van der Waals surface area contributed by atoms with Gasteiger partial charge < -0.3 is 4.74 Å². The molecule has 1 saturated heterocycles. The average Bonchev–Trinajstić information content (AvgIpc) is 2.23. The number of hydrogen-bond donors (Lipinski definition) is 0. The van der Waals surface area contributed by atoms with Gasteiger partial charge in [-0.3, -0.25) is 14.9 Å². The highest BCUT2D eigenvalue weighted by Crippen LogP contribution is 2.03. The molecule has 4 nitrogen and oxygen atoms in total. The molecule has 2 heterocycles. The van der Waals surface area contributed by atoms with Crippen molar-refractivity contribution in [3.05, 3.63) is 23.8 Å². The number of morpholine rings is 1. The highest BCUT2D eigenvalue weighted by molar-refractivity contribution is 5.00. The summed E-state index contributed by atoms with van der Waals surface area (Å²) in [6, 6.07) is 0. The average molecular weight is 193 g/mol. The van der Waals surface area contributed by atoms with Crippen molar-refractivity contribution in [2.24, 2.45) is 0 Å². The normalized spacial score (nSPS) is 18.4. The molecule has 0 amide bonds. The first kappa shape index (κ1) is 9.55. The van der Waals surface area contributed by atoms with E-state index in [0.717, 1.165) is 44.2 Å². The molecule has 1 aliphatic heterocycles. The van der Waals surface area contributed by atoms with E-state index in [9.17, 15) is 0 Å². The Bertz CT molecular complexity index is 280. The Hall–Kier alpha value is -1.00. The Morgan fingerprint density at radius 2 is 2.07 bits per heavy atom. The predicted octanol–water partition coefficient (Wildman–Crippen LogP) is 0.617. The fourth-order valence-corrected chi connectivity index (χ4v) is 1.49. The van der Waals surface area contributed by atoms with Crippen molar-refractivity contribution >= 4 is 0 Å². The third kappa shape index (κ3) is 2.49. The van der Waals surface area contributed by atoms with E-state index in [4.69, 9.17) is 4.74 Å². The zero-order valence-corrected chi connectivity index (χ0v) is 8.44. The first-order valence-corrected chi connectivity index (χ1v) is 4.92. The molecular formula is C10H15N3O. The van der Waals surface area contributed by atoms with Gasteiger partial charge in [0, 0.05) is 32.0 Å². The molecule has 2 rings (SSSR count).